The van der Waals surface area contributed by atoms with Gasteiger partial charge in [0.2, 0.25) is 0 Å². The minimum Gasteiger partial charge on any atom is -0.371 e. The number of hydrogen-bond acceptors (Lipinski definition) is 3. The van der Waals surface area contributed by atoms with Crippen LogP contribution in [0.3, 0.4) is 0 Å². The lowest BCUT2D eigenvalue weighted by atomic mass is 9.82. The van der Waals surface area contributed by atoms with Crippen molar-refractivity contribution in [3.8, 4) is 6.07 Å². The number of nitriles is 1. The average Bonchev–Trinajstić information content (AvgIpc) is 2.72. The van der Waals surface area contributed by atoms with E-state index in [2.05, 4.69) is 54.5 Å². The summed E-state index contributed by atoms with van der Waals surface area (Å²) in [6.45, 7) is 8.19. The summed E-state index contributed by atoms with van der Waals surface area (Å²) in [5, 5.41) is 15.3. The van der Waals surface area contributed by atoms with E-state index in [0.29, 0.717) is 5.56 Å². The fourth-order valence-corrected chi connectivity index (χ4v) is 3.83. The predicted molar refractivity (Wildman–Crippen MR) is 117 cm³/mol. The molecular formula is C24H30N4O. The zero-order valence-corrected chi connectivity index (χ0v) is 17.5. The van der Waals surface area contributed by atoms with Crippen molar-refractivity contribution in [1.82, 2.24) is 10.6 Å². The molecular weight excluding hydrogens is 360 g/mol. The van der Waals surface area contributed by atoms with E-state index >= 15 is 0 Å². The lowest BCUT2D eigenvalue weighted by molar-refractivity contribution is 0.213. The highest BCUT2D eigenvalue weighted by Gasteiger charge is 2.29. The summed E-state index contributed by atoms with van der Waals surface area (Å²) in [5.41, 5.74) is 2.83. The Morgan fingerprint density at radius 2 is 1.69 bits per heavy atom. The molecule has 1 aliphatic heterocycles. The number of benzene rings is 2. The minimum atomic E-state index is -0.106. The van der Waals surface area contributed by atoms with Gasteiger partial charge in [-0.1, -0.05) is 51.1 Å². The van der Waals surface area contributed by atoms with Crippen LogP contribution < -0.4 is 15.5 Å². The second-order valence-electron chi connectivity index (χ2n) is 8.75. The first-order chi connectivity index (χ1) is 13.9. The van der Waals surface area contributed by atoms with Crippen LogP contribution in [0.2, 0.25) is 0 Å². The van der Waals surface area contributed by atoms with Crippen LogP contribution >= 0.6 is 0 Å². The van der Waals surface area contributed by atoms with E-state index in [1.54, 1.807) is 0 Å². The van der Waals surface area contributed by atoms with Crippen molar-refractivity contribution in [2.45, 2.75) is 45.7 Å². The van der Waals surface area contributed by atoms with Crippen LogP contribution in [-0.4, -0.2) is 25.2 Å². The van der Waals surface area contributed by atoms with Crippen molar-refractivity contribution in [2.24, 2.45) is 5.41 Å². The van der Waals surface area contributed by atoms with E-state index in [1.165, 1.54) is 0 Å². The molecule has 0 bridgehead atoms. The number of amides is 2. The van der Waals surface area contributed by atoms with Gasteiger partial charge in [0, 0.05) is 24.8 Å². The predicted octanol–water partition coefficient (Wildman–Crippen LogP) is 4.61. The molecule has 1 atom stereocenters. The molecule has 0 saturated carbocycles. The Hall–Kier alpha value is -3.00. The molecule has 2 N–H and O–H groups in total. The molecule has 2 amide bonds. The number of rotatable bonds is 4. The Balaban J connectivity index is 1.54. The molecule has 3 rings (SSSR count). The van der Waals surface area contributed by atoms with Crippen molar-refractivity contribution in [1.29, 1.82) is 5.26 Å². The molecule has 2 aromatic carbocycles. The third kappa shape index (κ3) is 5.51. The number of piperidine rings is 1. The SMILES string of the molecule is CC(C)(C)C(NC(=O)NC1CCN(c2ccc(C#N)cc2)CC1)c1ccccc1. The van der Waals surface area contributed by atoms with Crippen molar-refractivity contribution >= 4 is 11.7 Å². The molecule has 29 heavy (non-hydrogen) atoms. The molecule has 1 saturated heterocycles. The maximum Gasteiger partial charge on any atom is 0.315 e. The van der Waals surface area contributed by atoms with Crippen LogP contribution in [0, 0.1) is 16.7 Å². The first kappa shape index (κ1) is 20.7. The Kier molecular flexibility index (Phi) is 6.43. The number of urea groups is 1. The molecule has 1 unspecified atom stereocenters. The van der Waals surface area contributed by atoms with Gasteiger partial charge in [-0.2, -0.15) is 5.26 Å². The quantitative estimate of drug-likeness (QED) is 0.801. The Morgan fingerprint density at radius 1 is 1.07 bits per heavy atom. The topological polar surface area (TPSA) is 68.2 Å². The molecule has 5 heteroatoms. The highest BCUT2D eigenvalue weighted by molar-refractivity contribution is 5.75. The van der Waals surface area contributed by atoms with Gasteiger partial charge in [-0.05, 0) is 48.1 Å². The maximum atomic E-state index is 12.7. The van der Waals surface area contributed by atoms with Crippen LogP contribution in [0.4, 0.5) is 10.5 Å². The Bertz CT molecular complexity index is 841. The molecule has 5 nitrogen and oxygen atoms in total. The minimum absolute atomic E-state index is 0.0533. The normalized spacial score (nSPS) is 16.0. The van der Waals surface area contributed by atoms with Gasteiger partial charge >= 0.3 is 6.03 Å². The molecule has 1 fully saturated rings. The van der Waals surface area contributed by atoms with Crippen molar-refractivity contribution < 1.29 is 4.79 Å². The first-order valence-corrected chi connectivity index (χ1v) is 10.2. The highest BCUT2D eigenvalue weighted by Crippen LogP contribution is 2.32. The molecule has 1 heterocycles. The van der Waals surface area contributed by atoms with E-state index in [1.807, 2.05) is 42.5 Å². The van der Waals surface area contributed by atoms with E-state index in [9.17, 15) is 4.79 Å². The molecule has 0 spiro atoms. The molecule has 152 valence electrons. The van der Waals surface area contributed by atoms with Gasteiger partial charge in [0.1, 0.15) is 0 Å². The number of hydrogen-bond donors (Lipinski definition) is 2. The summed E-state index contributed by atoms with van der Waals surface area (Å²) in [7, 11) is 0. The number of nitrogens with one attached hydrogen (secondary N) is 2. The molecule has 0 aromatic heterocycles. The van der Waals surface area contributed by atoms with Crippen LogP contribution in [0.15, 0.2) is 54.6 Å². The molecule has 2 aromatic rings. The lowest BCUT2D eigenvalue weighted by Gasteiger charge is -2.35. The summed E-state index contributed by atoms with van der Waals surface area (Å²) >= 11 is 0. The summed E-state index contributed by atoms with van der Waals surface area (Å²) in [5.74, 6) is 0. The summed E-state index contributed by atoms with van der Waals surface area (Å²) in [6, 6.07) is 20.0. The zero-order valence-electron chi connectivity index (χ0n) is 17.5. The number of nitrogens with zero attached hydrogens (tertiary/aromatic N) is 2. The number of carbonyl (C=O) groups is 1. The molecule has 0 radical (unpaired) electrons. The van der Waals surface area contributed by atoms with Gasteiger partial charge in [-0.3, -0.25) is 0 Å². The monoisotopic (exact) mass is 390 g/mol. The summed E-state index contributed by atoms with van der Waals surface area (Å²) in [4.78, 5) is 15.0. The third-order valence-corrected chi connectivity index (χ3v) is 5.47. The second-order valence-corrected chi connectivity index (χ2v) is 8.75. The smallest absolute Gasteiger partial charge is 0.315 e. The van der Waals surface area contributed by atoms with Crippen molar-refractivity contribution in [3.63, 3.8) is 0 Å². The summed E-state index contributed by atoms with van der Waals surface area (Å²) in [6.07, 6.45) is 1.80. The van der Waals surface area contributed by atoms with Crippen molar-refractivity contribution in [3.05, 3.63) is 65.7 Å². The fraction of sp³-hybridized carbons (Fsp3) is 0.417. The van der Waals surface area contributed by atoms with E-state index in [0.717, 1.165) is 37.2 Å². The van der Waals surface area contributed by atoms with E-state index < -0.39 is 0 Å². The first-order valence-electron chi connectivity index (χ1n) is 10.2. The zero-order chi connectivity index (χ0) is 20.9. The standard InChI is InChI=1S/C24H30N4O/c1-24(2,3)22(19-7-5-4-6-8-19)27-23(29)26-20-13-15-28(16-14-20)21-11-9-18(17-25)10-12-21/h4-12,20,22H,13-16H2,1-3H3,(H2,26,27,29). The van der Waals surface area contributed by atoms with E-state index in [-0.39, 0.29) is 23.5 Å². The van der Waals surface area contributed by atoms with Crippen LogP contribution in [-0.2, 0) is 0 Å². The Labute approximate surface area is 173 Å². The lowest BCUT2D eigenvalue weighted by Crippen LogP contribution is -2.50. The summed E-state index contributed by atoms with van der Waals surface area (Å²) < 4.78 is 0. The van der Waals surface area contributed by atoms with Gasteiger partial charge in [0.25, 0.3) is 0 Å². The maximum absolute atomic E-state index is 12.7. The average molecular weight is 391 g/mol. The third-order valence-electron chi connectivity index (χ3n) is 5.47. The number of anilines is 1. The van der Waals surface area contributed by atoms with Gasteiger partial charge in [-0.15, -0.1) is 0 Å². The molecule has 1 aliphatic rings. The largest absolute Gasteiger partial charge is 0.371 e. The van der Waals surface area contributed by atoms with Gasteiger partial charge in [-0.25, -0.2) is 4.79 Å². The van der Waals surface area contributed by atoms with Crippen LogP contribution in [0.5, 0.6) is 0 Å². The van der Waals surface area contributed by atoms with Crippen LogP contribution in [0.25, 0.3) is 0 Å². The number of carbonyl (C=O) groups excluding carboxylic acids is 1. The van der Waals surface area contributed by atoms with Gasteiger partial charge < -0.3 is 15.5 Å². The van der Waals surface area contributed by atoms with Crippen LogP contribution in [0.1, 0.15) is 50.8 Å². The van der Waals surface area contributed by atoms with Gasteiger partial charge in [0.15, 0.2) is 0 Å². The highest BCUT2D eigenvalue weighted by atomic mass is 16.2. The Morgan fingerprint density at radius 3 is 2.24 bits per heavy atom. The van der Waals surface area contributed by atoms with E-state index in [4.69, 9.17) is 5.26 Å². The van der Waals surface area contributed by atoms with Gasteiger partial charge in [0.05, 0.1) is 17.7 Å². The van der Waals surface area contributed by atoms with Crippen molar-refractivity contribution in [2.75, 3.05) is 18.0 Å². The molecule has 0 aliphatic carbocycles. The fourth-order valence-electron chi connectivity index (χ4n) is 3.83. The second kappa shape index (κ2) is 9.00.